The minimum Gasteiger partial charge on any atom is -0.462 e. The number of rotatable bonds is 53. The number of hydrogen-bond acceptors (Lipinski definition) is 6. The molecule has 0 aromatic rings. The van der Waals surface area contributed by atoms with Crippen molar-refractivity contribution in [3.63, 3.8) is 0 Å². The molecule has 0 rings (SSSR count). The summed E-state index contributed by atoms with van der Waals surface area (Å²) < 4.78 is 16.8. The van der Waals surface area contributed by atoms with Crippen LogP contribution < -0.4 is 0 Å². The molecule has 0 aliphatic rings. The summed E-state index contributed by atoms with van der Waals surface area (Å²) in [4.78, 5) is 38.1. The standard InChI is InChI=1S/C68H110O6/c1-4-7-10-13-16-19-21-23-25-27-29-31-33-34-36-37-39-41-43-45-47-49-52-55-58-61-67(70)73-64-65(63-72-66(69)60-57-54-51-18-15-12-9-6-3)74-68(71)62-59-56-53-50-48-46-44-42-40-38-35-32-30-28-26-24-22-20-17-14-11-8-5-2/h7-8,10-11,16-17,19-20,23-26,29-32,34,36,38-41,65H,4-6,9,12-15,18,21-22,27-28,33,35,37,42-64H2,1-3H3/b10-7-,11-8-,19-16-,20-17-,25-23-,26-24-,31-29-,32-30-,36-34-,40-38-,41-39-. The van der Waals surface area contributed by atoms with Gasteiger partial charge >= 0.3 is 17.9 Å². The van der Waals surface area contributed by atoms with Gasteiger partial charge in [-0.05, 0) is 116 Å². The second-order valence-electron chi connectivity index (χ2n) is 19.5. The zero-order valence-electron chi connectivity index (χ0n) is 47.8. The SMILES string of the molecule is CC/C=C\C/C=C\C/C=C\C/C=C\C/C=C\C/C=C\CCCCCCCCC(=O)OCC(COC(=O)CCCCCCCCCC)OC(=O)CCCCCCCCC/C=C\C/C=C\C/C=C\C/C=C\C/C=C\CC. The van der Waals surface area contributed by atoms with E-state index >= 15 is 0 Å². The van der Waals surface area contributed by atoms with E-state index in [0.29, 0.717) is 19.3 Å². The Hall–Kier alpha value is -4.45. The first-order chi connectivity index (χ1) is 36.5. The molecule has 0 aromatic carbocycles. The van der Waals surface area contributed by atoms with Gasteiger partial charge in [0.15, 0.2) is 6.10 Å². The van der Waals surface area contributed by atoms with Crippen LogP contribution >= 0.6 is 0 Å². The fourth-order valence-electron chi connectivity index (χ4n) is 7.94. The second kappa shape index (κ2) is 61.1. The molecule has 0 bridgehead atoms. The van der Waals surface area contributed by atoms with Gasteiger partial charge in [-0.3, -0.25) is 14.4 Å². The molecule has 74 heavy (non-hydrogen) atoms. The van der Waals surface area contributed by atoms with E-state index in [1.54, 1.807) is 0 Å². The summed E-state index contributed by atoms with van der Waals surface area (Å²) in [6.07, 6.45) is 86.0. The molecule has 1 unspecified atom stereocenters. The maximum atomic E-state index is 12.9. The lowest BCUT2D eigenvalue weighted by Crippen LogP contribution is -2.30. The summed E-state index contributed by atoms with van der Waals surface area (Å²) in [5.41, 5.74) is 0. The average molecular weight is 1020 g/mol. The zero-order valence-corrected chi connectivity index (χ0v) is 47.8. The van der Waals surface area contributed by atoms with Gasteiger partial charge in [0.05, 0.1) is 0 Å². The van der Waals surface area contributed by atoms with Crippen molar-refractivity contribution >= 4 is 17.9 Å². The predicted octanol–water partition coefficient (Wildman–Crippen LogP) is 20.6. The molecule has 6 nitrogen and oxygen atoms in total. The lowest BCUT2D eigenvalue weighted by molar-refractivity contribution is -0.167. The van der Waals surface area contributed by atoms with Crippen LogP contribution in [0.1, 0.15) is 258 Å². The Balaban J connectivity index is 4.30. The van der Waals surface area contributed by atoms with Crippen LogP contribution in [0.5, 0.6) is 0 Å². The summed E-state index contributed by atoms with van der Waals surface area (Å²) in [5.74, 6) is -0.923. The van der Waals surface area contributed by atoms with Gasteiger partial charge in [0, 0.05) is 19.3 Å². The number of hydrogen-bond donors (Lipinski definition) is 0. The van der Waals surface area contributed by atoms with Crippen molar-refractivity contribution in [1.29, 1.82) is 0 Å². The molecule has 0 aromatic heterocycles. The quantitative estimate of drug-likeness (QED) is 0.0261. The summed E-state index contributed by atoms with van der Waals surface area (Å²) in [6, 6.07) is 0. The minimum atomic E-state index is -0.793. The van der Waals surface area contributed by atoms with Crippen LogP contribution in [0, 0.1) is 0 Å². The highest BCUT2D eigenvalue weighted by Crippen LogP contribution is 2.14. The third kappa shape index (κ3) is 58.4. The summed E-state index contributed by atoms with van der Waals surface area (Å²) in [7, 11) is 0. The van der Waals surface area contributed by atoms with Crippen molar-refractivity contribution < 1.29 is 28.6 Å². The molecule has 0 aliphatic heterocycles. The van der Waals surface area contributed by atoms with E-state index in [1.807, 2.05) is 0 Å². The second-order valence-corrected chi connectivity index (χ2v) is 19.5. The Bertz CT molecular complexity index is 1600. The van der Waals surface area contributed by atoms with Gasteiger partial charge < -0.3 is 14.2 Å². The van der Waals surface area contributed by atoms with E-state index in [2.05, 4.69) is 154 Å². The fourth-order valence-corrected chi connectivity index (χ4v) is 7.94. The lowest BCUT2D eigenvalue weighted by atomic mass is 10.1. The molecule has 0 saturated carbocycles. The van der Waals surface area contributed by atoms with E-state index < -0.39 is 6.10 Å². The van der Waals surface area contributed by atoms with Crippen molar-refractivity contribution in [2.24, 2.45) is 0 Å². The number of ether oxygens (including phenoxy) is 3. The van der Waals surface area contributed by atoms with Gasteiger partial charge in [-0.1, -0.05) is 257 Å². The van der Waals surface area contributed by atoms with E-state index in [4.69, 9.17) is 14.2 Å². The highest BCUT2D eigenvalue weighted by Gasteiger charge is 2.19. The molecule has 6 heteroatoms. The van der Waals surface area contributed by atoms with Gasteiger partial charge in [-0.2, -0.15) is 0 Å². The minimum absolute atomic E-state index is 0.0902. The third-order valence-electron chi connectivity index (χ3n) is 12.4. The normalized spacial score (nSPS) is 13.1. The van der Waals surface area contributed by atoms with Crippen LogP contribution in [-0.4, -0.2) is 37.2 Å². The molecule has 0 amide bonds. The predicted molar refractivity (Wildman–Crippen MR) is 320 cm³/mol. The molecule has 0 radical (unpaired) electrons. The molecule has 418 valence electrons. The smallest absolute Gasteiger partial charge is 0.306 e. The van der Waals surface area contributed by atoms with Crippen LogP contribution in [-0.2, 0) is 28.6 Å². The Morgan fingerprint density at radius 3 is 0.824 bits per heavy atom. The van der Waals surface area contributed by atoms with Gasteiger partial charge in [0.2, 0.25) is 0 Å². The van der Waals surface area contributed by atoms with Crippen molar-refractivity contribution in [2.75, 3.05) is 13.2 Å². The van der Waals surface area contributed by atoms with Crippen molar-refractivity contribution in [3.05, 3.63) is 134 Å². The molecule has 0 heterocycles. The Kier molecular flexibility index (Phi) is 57.4. The number of carbonyl (C=O) groups excluding carboxylic acids is 3. The Labute approximate surface area is 455 Å². The number of carbonyl (C=O) groups is 3. The van der Waals surface area contributed by atoms with Gasteiger partial charge in [-0.15, -0.1) is 0 Å². The molecule has 0 saturated heterocycles. The number of unbranched alkanes of at least 4 members (excludes halogenated alkanes) is 20. The van der Waals surface area contributed by atoms with E-state index in [9.17, 15) is 14.4 Å². The Morgan fingerprint density at radius 2 is 0.527 bits per heavy atom. The first kappa shape index (κ1) is 69.5. The first-order valence-corrected chi connectivity index (χ1v) is 30.2. The lowest BCUT2D eigenvalue weighted by Gasteiger charge is -2.18. The van der Waals surface area contributed by atoms with E-state index in [-0.39, 0.29) is 31.1 Å². The van der Waals surface area contributed by atoms with Crippen LogP contribution in [0.25, 0.3) is 0 Å². The van der Waals surface area contributed by atoms with Crippen LogP contribution in [0.3, 0.4) is 0 Å². The summed E-state index contributed by atoms with van der Waals surface area (Å²) >= 11 is 0. The molecule has 0 N–H and O–H groups in total. The van der Waals surface area contributed by atoms with Crippen LogP contribution in [0.4, 0.5) is 0 Å². The highest BCUT2D eigenvalue weighted by atomic mass is 16.6. The summed E-state index contributed by atoms with van der Waals surface area (Å²) in [5, 5.41) is 0. The summed E-state index contributed by atoms with van der Waals surface area (Å²) in [6.45, 7) is 6.36. The zero-order chi connectivity index (χ0) is 53.6. The van der Waals surface area contributed by atoms with Crippen molar-refractivity contribution in [3.8, 4) is 0 Å². The van der Waals surface area contributed by atoms with E-state index in [1.165, 1.54) is 70.6 Å². The molecule has 0 spiro atoms. The molecule has 0 aliphatic carbocycles. The fraction of sp³-hybridized carbons (Fsp3) is 0.632. The van der Waals surface area contributed by atoms with Gasteiger partial charge in [0.25, 0.3) is 0 Å². The number of esters is 3. The van der Waals surface area contributed by atoms with Crippen molar-refractivity contribution in [2.45, 2.75) is 264 Å². The maximum Gasteiger partial charge on any atom is 0.306 e. The first-order valence-electron chi connectivity index (χ1n) is 30.2. The number of allylic oxidation sites excluding steroid dienone is 22. The van der Waals surface area contributed by atoms with Gasteiger partial charge in [0.1, 0.15) is 13.2 Å². The highest BCUT2D eigenvalue weighted by molar-refractivity contribution is 5.71. The monoisotopic (exact) mass is 1020 g/mol. The maximum absolute atomic E-state index is 12.9. The molecule has 1 atom stereocenters. The van der Waals surface area contributed by atoms with Gasteiger partial charge in [-0.25, -0.2) is 0 Å². The largest absolute Gasteiger partial charge is 0.462 e. The van der Waals surface area contributed by atoms with Crippen molar-refractivity contribution in [1.82, 2.24) is 0 Å². The molecular formula is C68H110O6. The third-order valence-corrected chi connectivity index (χ3v) is 12.4. The van der Waals surface area contributed by atoms with Crippen LogP contribution in [0.2, 0.25) is 0 Å². The Morgan fingerprint density at radius 1 is 0.284 bits per heavy atom. The molecule has 0 fully saturated rings. The van der Waals surface area contributed by atoms with E-state index in [0.717, 1.165) is 148 Å². The molecular weight excluding hydrogens is 913 g/mol. The topological polar surface area (TPSA) is 78.9 Å². The van der Waals surface area contributed by atoms with Crippen LogP contribution in [0.15, 0.2) is 134 Å². The average Bonchev–Trinajstić information content (AvgIpc) is 3.40.